The Morgan fingerprint density at radius 3 is 2.62 bits per heavy atom. The summed E-state index contributed by atoms with van der Waals surface area (Å²) in [4.78, 5) is 13.3. The topological polar surface area (TPSA) is 48.5 Å². The average Bonchev–Trinajstić information content (AvgIpc) is 3.21. The summed E-state index contributed by atoms with van der Waals surface area (Å²) < 4.78 is 10.1. The van der Waals surface area contributed by atoms with Crippen molar-refractivity contribution in [3.05, 3.63) is 76.7 Å². The molecule has 0 bridgehead atoms. The van der Waals surface area contributed by atoms with Gasteiger partial charge in [0.25, 0.3) is 0 Å². The van der Waals surface area contributed by atoms with Crippen molar-refractivity contribution in [3.8, 4) is 16.9 Å². The summed E-state index contributed by atoms with van der Waals surface area (Å²) in [6.07, 6.45) is 4.41. The minimum Gasteiger partial charge on any atom is -0.486 e. The Kier molecular flexibility index (Phi) is 5.75. The zero-order valence-electron chi connectivity index (χ0n) is 18.2. The Hall–Kier alpha value is -3.05. The number of hydrogen-bond donors (Lipinski definition) is 0. The first-order chi connectivity index (χ1) is 15.7. The highest BCUT2D eigenvalue weighted by Crippen LogP contribution is 2.37. The number of rotatable bonds is 7. The fourth-order valence-electron chi connectivity index (χ4n) is 4.61. The molecule has 0 fully saturated rings. The fraction of sp³-hybridized carbons (Fsp3) is 0.308. The van der Waals surface area contributed by atoms with Crippen molar-refractivity contribution in [3.63, 3.8) is 0 Å². The van der Waals surface area contributed by atoms with Crippen LogP contribution >= 0.6 is 11.6 Å². The Morgan fingerprint density at radius 1 is 1.09 bits per heavy atom. The molecule has 0 N–H and O–H groups in total. The Labute approximate surface area is 192 Å². The third kappa shape index (κ3) is 3.71. The molecule has 5 nitrogen and oxygen atoms in total. The molecule has 0 aliphatic carbocycles. The van der Waals surface area contributed by atoms with E-state index < -0.39 is 0 Å². The predicted octanol–water partition coefficient (Wildman–Crippen LogP) is 6.35. The van der Waals surface area contributed by atoms with E-state index in [9.17, 15) is 4.79 Å². The number of nitrogens with zero attached hydrogens (tertiary/aromatic N) is 3. The molecule has 0 radical (unpaired) electrons. The van der Waals surface area contributed by atoms with E-state index in [1.807, 2.05) is 53.9 Å². The van der Waals surface area contributed by atoms with E-state index in [1.165, 1.54) is 5.56 Å². The van der Waals surface area contributed by atoms with E-state index in [4.69, 9.17) is 21.4 Å². The monoisotopic (exact) mass is 447 g/mol. The maximum absolute atomic E-state index is 13.3. The van der Waals surface area contributed by atoms with Crippen molar-refractivity contribution in [2.24, 2.45) is 0 Å². The number of benzene rings is 2. The highest BCUT2D eigenvalue weighted by atomic mass is 35.5. The zero-order chi connectivity index (χ0) is 22.1. The second kappa shape index (κ2) is 8.83. The van der Waals surface area contributed by atoms with E-state index in [0.29, 0.717) is 23.7 Å². The molecule has 5 rings (SSSR count). The van der Waals surface area contributed by atoms with Crippen LogP contribution in [0.5, 0.6) is 5.75 Å². The molecule has 0 amide bonds. The van der Waals surface area contributed by atoms with Crippen LogP contribution in [0.15, 0.2) is 54.6 Å². The summed E-state index contributed by atoms with van der Waals surface area (Å²) in [5.41, 5.74) is 5.09. The van der Waals surface area contributed by atoms with E-state index in [-0.39, 0.29) is 5.78 Å². The van der Waals surface area contributed by atoms with Gasteiger partial charge in [-0.05, 0) is 55.5 Å². The molecule has 32 heavy (non-hydrogen) atoms. The van der Waals surface area contributed by atoms with Crippen molar-refractivity contribution in [1.82, 2.24) is 14.2 Å². The van der Waals surface area contributed by atoms with Crippen LogP contribution < -0.4 is 4.74 Å². The first kappa shape index (κ1) is 20.8. The molecule has 6 heteroatoms. The number of carbonyl (C=O) groups is 1. The van der Waals surface area contributed by atoms with E-state index in [0.717, 1.165) is 60.6 Å². The first-order valence-corrected chi connectivity index (χ1v) is 11.6. The minimum atomic E-state index is 0.142. The summed E-state index contributed by atoms with van der Waals surface area (Å²) in [7, 11) is 0. The van der Waals surface area contributed by atoms with Crippen molar-refractivity contribution >= 4 is 23.0 Å². The van der Waals surface area contributed by atoms with Gasteiger partial charge in [0.1, 0.15) is 23.7 Å². The Morgan fingerprint density at radius 2 is 1.88 bits per heavy atom. The minimum absolute atomic E-state index is 0.142. The molecule has 0 saturated carbocycles. The van der Waals surface area contributed by atoms with Crippen molar-refractivity contribution in [2.45, 2.75) is 52.2 Å². The van der Waals surface area contributed by atoms with Gasteiger partial charge in [-0.3, -0.25) is 4.79 Å². The number of aryl methyl sites for hydroxylation is 2. The number of ketones is 1. The lowest BCUT2D eigenvalue weighted by Gasteiger charge is -2.09. The predicted molar refractivity (Wildman–Crippen MR) is 127 cm³/mol. The maximum atomic E-state index is 13.3. The van der Waals surface area contributed by atoms with Crippen molar-refractivity contribution in [2.75, 3.05) is 0 Å². The molecule has 0 saturated heterocycles. The molecule has 2 aromatic carbocycles. The molecular formula is C26H26ClN3O2. The maximum Gasteiger partial charge on any atom is 0.181 e. The Bertz CT molecular complexity index is 1260. The van der Waals surface area contributed by atoms with Crippen LogP contribution in [0.2, 0.25) is 5.02 Å². The highest BCUT2D eigenvalue weighted by Gasteiger charge is 2.29. The summed E-state index contributed by atoms with van der Waals surface area (Å²) in [5.74, 6) is 1.72. The van der Waals surface area contributed by atoms with Crippen LogP contribution in [-0.2, 0) is 19.6 Å². The average molecular weight is 448 g/mol. The number of hydrogen-bond acceptors (Lipinski definition) is 3. The van der Waals surface area contributed by atoms with E-state index in [1.54, 1.807) is 0 Å². The smallest absolute Gasteiger partial charge is 0.181 e. The lowest BCUT2D eigenvalue weighted by atomic mass is 9.96. The van der Waals surface area contributed by atoms with Gasteiger partial charge >= 0.3 is 0 Å². The van der Waals surface area contributed by atoms with E-state index >= 15 is 0 Å². The van der Waals surface area contributed by atoms with Crippen LogP contribution in [0.3, 0.4) is 0 Å². The van der Waals surface area contributed by atoms with Gasteiger partial charge in [0.15, 0.2) is 11.6 Å². The standard InChI is InChI=1S/C26H26ClN3O2/c1-2-8-22(31)25-24(18-9-4-3-5-10-18)21-11-6-7-16-29-23(28-30(25)26(21)29)17-32-20-14-12-19(27)13-15-20/h3-5,9-10,12-15H,2,6-8,11,16-17H2,1H3. The number of aromatic nitrogens is 3. The quantitative estimate of drug-likeness (QED) is 0.310. The number of ether oxygens (including phenoxy) is 1. The molecular weight excluding hydrogens is 422 g/mol. The molecule has 164 valence electrons. The molecule has 4 aromatic rings. The van der Waals surface area contributed by atoms with Gasteiger partial charge in [0.05, 0.1) is 0 Å². The van der Waals surface area contributed by atoms with Crippen LogP contribution in [0, 0.1) is 0 Å². The first-order valence-electron chi connectivity index (χ1n) is 11.3. The van der Waals surface area contributed by atoms with Gasteiger partial charge < -0.3 is 9.30 Å². The van der Waals surface area contributed by atoms with Crippen LogP contribution in [0.1, 0.15) is 54.5 Å². The summed E-state index contributed by atoms with van der Waals surface area (Å²) in [5, 5.41) is 5.59. The number of carbonyl (C=O) groups excluding carboxylic acids is 1. The van der Waals surface area contributed by atoms with Gasteiger partial charge in [0.2, 0.25) is 0 Å². The molecule has 0 spiro atoms. The largest absolute Gasteiger partial charge is 0.486 e. The molecule has 0 atom stereocenters. The second-order valence-corrected chi connectivity index (χ2v) is 8.68. The summed E-state index contributed by atoms with van der Waals surface area (Å²) in [6.45, 7) is 3.25. The number of Topliss-reactive ketones (excluding diaryl/α,β-unsaturated/α-hetero) is 1. The SMILES string of the molecule is CCCC(=O)c1c(-c2ccccc2)c2c3n(c(COc4ccc(Cl)cc4)nn13)CCCC2. The van der Waals surface area contributed by atoms with Gasteiger partial charge in [-0.25, -0.2) is 4.52 Å². The molecule has 1 aliphatic heterocycles. The second-order valence-electron chi connectivity index (χ2n) is 8.24. The third-order valence-corrected chi connectivity index (χ3v) is 6.30. The fourth-order valence-corrected chi connectivity index (χ4v) is 4.73. The molecule has 3 heterocycles. The third-order valence-electron chi connectivity index (χ3n) is 6.05. The van der Waals surface area contributed by atoms with Crippen LogP contribution in [-0.4, -0.2) is 20.0 Å². The van der Waals surface area contributed by atoms with Crippen LogP contribution in [0.4, 0.5) is 0 Å². The van der Waals surface area contributed by atoms with Gasteiger partial charge in [-0.15, -0.1) is 5.10 Å². The Balaban J connectivity index is 1.65. The highest BCUT2D eigenvalue weighted by molar-refractivity contribution is 6.30. The zero-order valence-corrected chi connectivity index (χ0v) is 18.9. The van der Waals surface area contributed by atoms with Gasteiger partial charge in [-0.1, -0.05) is 48.9 Å². The molecule has 1 aliphatic rings. The van der Waals surface area contributed by atoms with Gasteiger partial charge in [0, 0.05) is 29.1 Å². The van der Waals surface area contributed by atoms with Crippen LogP contribution in [0.25, 0.3) is 16.8 Å². The number of halogens is 1. The molecule has 0 unspecified atom stereocenters. The normalized spacial score (nSPS) is 13.3. The molecule has 2 aromatic heterocycles. The van der Waals surface area contributed by atoms with Crippen molar-refractivity contribution < 1.29 is 9.53 Å². The summed E-state index contributed by atoms with van der Waals surface area (Å²) >= 11 is 5.99. The van der Waals surface area contributed by atoms with Crippen molar-refractivity contribution in [1.29, 1.82) is 0 Å². The lowest BCUT2D eigenvalue weighted by Crippen LogP contribution is -2.08. The van der Waals surface area contributed by atoms with E-state index in [2.05, 4.69) is 16.7 Å². The lowest BCUT2D eigenvalue weighted by molar-refractivity contribution is 0.0975. The van der Waals surface area contributed by atoms with Gasteiger partial charge in [-0.2, -0.15) is 0 Å². The summed E-state index contributed by atoms with van der Waals surface area (Å²) in [6, 6.07) is 17.6.